The number of aliphatic hydroxyl groups excluding tert-OH is 3. The Morgan fingerprint density at radius 2 is 1.79 bits per heavy atom. The second-order valence-electron chi connectivity index (χ2n) is 7.95. The molecule has 1 aromatic carbocycles. The summed E-state index contributed by atoms with van der Waals surface area (Å²) in [6.45, 7) is 0. The first-order valence-electron chi connectivity index (χ1n) is 10.4. The van der Waals surface area contributed by atoms with Crippen LogP contribution in [0.3, 0.4) is 0 Å². The predicted octanol–water partition coefficient (Wildman–Crippen LogP) is 3.32. The smallest absolute Gasteiger partial charge is 0.303 e. The number of allylic oxidation sites excluding steroid dienone is 2. The second-order valence-corrected chi connectivity index (χ2v) is 7.95. The number of aliphatic carboxylic acids is 1. The molecule has 28 heavy (non-hydrogen) atoms. The molecule has 5 atom stereocenters. The monoisotopic (exact) mass is 390 g/mol. The van der Waals surface area contributed by atoms with E-state index in [4.69, 9.17) is 5.11 Å². The quantitative estimate of drug-likeness (QED) is 0.324. The average molecular weight is 391 g/mol. The van der Waals surface area contributed by atoms with E-state index >= 15 is 0 Å². The van der Waals surface area contributed by atoms with Gasteiger partial charge in [-0.05, 0) is 68.8 Å². The van der Waals surface area contributed by atoms with Gasteiger partial charge in [0.1, 0.15) is 0 Å². The first kappa shape index (κ1) is 22.6. The highest BCUT2D eigenvalue weighted by molar-refractivity contribution is 5.66. The summed E-state index contributed by atoms with van der Waals surface area (Å²) in [5, 5.41) is 39.6. The maximum absolute atomic E-state index is 10.5. The van der Waals surface area contributed by atoms with Gasteiger partial charge in [-0.2, -0.15) is 0 Å². The van der Waals surface area contributed by atoms with Crippen molar-refractivity contribution in [2.45, 2.75) is 76.1 Å². The highest BCUT2D eigenvalue weighted by Gasteiger charge is 2.40. The molecule has 1 fully saturated rings. The summed E-state index contributed by atoms with van der Waals surface area (Å²) < 4.78 is 0. The van der Waals surface area contributed by atoms with Crippen LogP contribution in [0.4, 0.5) is 0 Å². The van der Waals surface area contributed by atoms with E-state index in [1.54, 1.807) is 0 Å². The van der Waals surface area contributed by atoms with Crippen LogP contribution < -0.4 is 0 Å². The van der Waals surface area contributed by atoms with Crippen LogP contribution in [0.5, 0.6) is 0 Å². The van der Waals surface area contributed by atoms with E-state index in [0.717, 1.165) is 6.42 Å². The fourth-order valence-corrected chi connectivity index (χ4v) is 4.16. The first-order chi connectivity index (χ1) is 13.5. The minimum Gasteiger partial charge on any atom is -0.481 e. The van der Waals surface area contributed by atoms with E-state index in [1.165, 1.54) is 5.56 Å². The Balaban J connectivity index is 1.74. The van der Waals surface area contributed by atoms with Crippen LogP contribution in [0.1, 0.15) is 56.9 Å². The molecule has 0 amide bonds. The summed E-state index contributed by atoms with van der Waals surface area (Å²) in [7, 11) is 0. The molecule has 0 bridgehead atoms. The molecule has 0 saturated heterocycles. The topological polar surface area (TPSA) is 98.0 Å². The van der Waals surface area contributed by atoms with E-state index in [-0.39, 0.29) is 18.3 Å². The lowest BCUT2D eigenvalue weighted by Gasteiger charge is -2.23. The molecule has 5 nitrogen and oxygen atoms in total. The van der Waals surface area contributed by atoms with Crippen LogP contribution in [0.25, 0.3) is 0 Å². The highest BCUT2D eigenvalue weighted by atomic mass is 16.4. The second kappa shape index (κ2) is 12.0. The fraction of sp³-hybridized carbons (Fsp3) is 0.609. The maximum Gasteiger partial charge on any atom is 0.303 e. The first-order valence-corrected chi connectivity index (χ1v) is 10.4. The predicted molar refractivity (Wildman–Crippen MR) is 109 cm³/mol. The summed E-state index contributed by atoms with van der Waals surface area (Å²) in [5.74, 6) is -0.800. The molecule has 0 heterocycles. The summed E-state index contributed by atoms with van der Waals surface area (Å²) in [6.07, 6.45) is 7.91. The number of carboxylic acids is 1. The van der Waals surface area contributed by atoms with Crippen LogP contribution in [0.15, 0.2) is 42.5 Å². The molecule has 1 saturated carbocycles. The number of rotatable bonds is 12. The summed E-state index contributed by atoms with van der Waals surface area (Å²) in [4.78, 5) is 10.5. The molecule has 0 aliphatic heterocycles. The van der Waals surface area contributed by atoms with E-state index in [1.807, 2.05) is 30.4 Å². The molecular formula is C23H34O5. The normalized spacial score (nSPS) is 26.0. The fourth-order valence-electron chi connectivity index (χ4n) is 4.16. The Bertz CT molecular complexity index is 600. The van der Waals surface area contributed by atoms with Crippen LogP contribution in [-0.2, 0) is 11.2 Å². The molecule has 0 radical (unpaired) electrons. The summed E-state index contributed by atoms with van der Waals surface area (Å²) in [6, 6.07) is 10.1. The number of aliphatic hydroxyl groups is 3. The standard InChI is InChI=1S/C23H34O5/c24-18(13-12-17-8-4-3-5-9-17)14-15-20-19(21(25)16-22(20)26)10-6-1-2-7-11-23(27)28/h1,3-6,8-9,18-22,24-26H,2,7,10-16H2,(H,27,28)/b6-1-/t18-,19?,20+,21-,22+/m0/s1. The molecule has 4 N–H and O–H groups in total. The zero-order chi connectivity index (χ0) is 20.4. The number of hydrogen-bond acceptors (Lipinski definition) is 4. The van der Waals surface area contributed by atoms with Gasteiger partial charge in [-0.25, -0.2) is 0 Å². The molecule has 1 aliphatic carbocycles. The van der Waals surface area contributed by atoms with Crippen LogP contribution in [0.2, 0.25) is 0 Å². The Morgan fingerprint density at radius 1 is 1.07 bits per heavy atom. The molecule has 0 aromatic heterocycles. The lowest BCUT2D eigenvalue weighted by molar-refractivity contribution is -0.137. The third-order valence-electron chi connectivity index (χ3n) is 5.80. The number of unbranched alkanes of at least 4 members (excludes halogenated alkanes) is 1. The van der Waals surface area contributed by atoms with E-state index in [0.29, 0.717) is 44.9 Å². The van der Waals surface area contributed by atoms with E-state index in [2.05, 4.69) is 12.1 Å². The molecule has 1 aliphatic rings. The van der Waals surface area contributed by atoms with Gasteiger partial charge in [-0.15, -0.1) is 0 Å². The van der Waals surface area contributed by atoms with Crippen LogP contribution >= 0.6 is 0 Å². The van der Waals surface area contributed by atoms with Crippen molar-refractivity contribution in [3.63, 3.8) is 0 Å². The maximum atomic E-state index is 10.5. The Kier molecular flexibility index (Phi) is 9.68. The largest absolute Gasteiger partial charge is 0.481 e. The molecule has 5 heteroatoms. The van der Waals surface area contributed by atoms with Crippen molar-refractivity contribution in [1.29, 1.82) is 0 Å². The molecular weight excluding hydrogens is 356 g/mol. The van der Waals surface area contributed by atoms with E-state index < -0.39 is 24.3 Å². The highest BCUT2D eigenvalue weighted by Crippen LogP contribution is 2.38. The van der Waals surface area contributed by atoms with Gasteiger partial charge in [-0.3, -0.25) is 4.79 Å². The minimum absolute atomic E-state index is 0.00736. The van der Waals surface area contributed by atoms with Crippen molar-refractivity contribution < 1.29 is 25.2 Å². The Morgan fingerprint density at radius 3 is 2.50 bits per heavy atom. The Hall–Kier alpha value is -1.69. The van der Waals surface area contributed by atoms with E-state index in [9.17, 15) is 20.1 Å². The summed E-state index contributed by atoms with van der Waals surface area (Å²) >= 11 is 0. The zero-order valence-corrected chi connectivity index (χ0v) is 16.5. The van der Waals surface area contributed by atoms with Crippen LogP contribution in [0, 0.1) is 11.8 Å². The Labute approximate surface area is 167 Å². The lowest BCUT2D eigenvalue weighted by Crippen LogP contribution is -2.23. The number of hydrogen-bond donors (Lipinski definition) is 4. The molecule has 2 rings (SSSR count). The number of aryl methyl sites for hydroxylation is 1. The van der Waals surface area contributed by atoms with Gasteiger partial charge in [0.15, 0.2) is 0 Å². The molecule has 1 aromatic rings. The van der Waals surface area contributed by atoms with Crippen molar-refractivity contribution >= 4 is 5.97 Å². The lowest BCUT2D eigenvalue weighted by atomic mass is 9.85. The number of carboxylic acid groups (broad SMARTS) is 1. The van der Waals surface area contributed by atoms with Gasteiger partial charge in [0.05, 0.1) is 18.3 Å². The van der Waals surface area contributed by atoms with Gasteiger partial charge in [-0.1, -0.05) is 42.5 Å². The number of benzene rings is 1. The zero-order valence-electron chi connectivity index (χ0n) is 16.5. The average Bonchev–Trinajstić information content (AvgIpc) is 2.94. The minimum atomic E-state index is -0.784. The van der Waals surface area contributed by atoms with Crippen molar-refractivity contribution in [2.24, 2.45) is 11.8 Å². The molecule has 1 unspecified atom stereocenters. The summed E-state index contributed by atoms with van der Waals surface area (Å²) in [5.41, 5.74) is 1.21. The van der Waals surface area contributed by atoms with Gasteiger partial charge in [0.2, 0.25) is 0 Å². The van der Waals surface area contributed by atoms with Crippen molar-refractivity contribution in [1.82, 2.24) is 0 Å². The molecule has 0 spiro atoms. The van der Waals surface area contributed by atoms with Gasteiger partial charge in [0, 0.05) is 6.42 Å². The molecule has 156 valence electrons. The van der Waals surface area contributed by atoms with Crippen molar-refractivity contribution in [3.05, 3.63) is 48.0 Å². The van der Waals surface area contributed by atoms with Gasteiger partial charge < -0.3 is 20.4 Å². The van der Waals surface area contributed by atoms with Crippen molar-refractivity contribution in [2.75, 3.05) is 0 Å². The third-order valence-corrected chi connectivity index (χ3v) is 5.80. The SMILES string of the molecule is O=C(O)CCC/C=C\CC1[C@@H](CC[C@@H](O)CCc2ccccc2)[C@H](O)C[C@@H]1O. The van der Waals surface area contributed by atoms with Gasteiger partial charge >= 0.3 is 5.97 Å². The van der Waals surface area contributed by atoms with Crippen molar-refractivity contribution in [3.8, 4) is 0 Å². The number of carbonyl (C=O) groups is 1. The van der Waals surface area contributed by atoms with Gasteiger partial charge in [0.25, 0.3) is 0 Å². The third kappa shape index (κ3) is 7.74. The van der Waals surface area contributed by atoms with Crippen LogP contribution in [-0.4, -0.2) is 44.7 Å².